The number of anilines is 1. The van der Waals surface area contributed by atoms with Gasteiger partial charge in [0.15, 0.2) is 0 Å². The molecule has 2 atom stereocenters. The van der Waals surface area contributed by atoms with Crippen LogP contribution in [0, 0.1) is 0 Å². The fourth-order valence-electron chi connectivity index (χ4n) is 2.43. The third-order valence-electron chi connectivity index (χ3n) is 3.28. The summed E-state index contributed by atoms with van der Waals surface area (Å²) in [5, 5.41) is 0. The van der Waals surface area contributed by atoms with Gasteiger partial charge in [-0.3, -0.25) is 4.79 Å². The average Bonchev–Trinajstić information content (AvgIpc) is 2.59. The molecule has 0 N–H and O–H groups in total. The van der Waals surface area contributed by atoms with Crippen molar-refractivity contribution >= 4 is 12.0 Å². The summed E-state index contributed by atoms with van der Waals surface area (Å²) in [4.78, 5) is 13.0. The molecule has 0 saturated carbocycles. The van der Waals surface area contributed by atoms with E-state index in [1.807, 2.05) is 24.3 Å². The van der Waals surface area contributed by atoms with Gasteiger partial charge >= 0.3 is 0 Å². The van der Waals surface area contributed by atoms with Crippen molar-refractivity contribution in [3.05, 3.63) is 29.8 Å². The lowest BCUT2D eigenvalue weighted by molar-refractivity contribution is 0.112. The Hall–Kier alpha value is -1.31. The van der Waals surface area contributed by atoms with Crippen LogP contribution in [0.3, 0.4) is 0 Å². The predicted octanol–water partition coefficient (Wildman–Crippen LogP) is 2.88. The summed E-state index contributed by atoms with van der Waals surface area (Å²) in [5.74, 6) is 0. The molecule has 0 aromatic heterocycles. The van der Waals surface area contributed by atoms with Gasteiger partial charge in [-0.25, -0.2) is 0 Å². The van der Waals surface area contributed by atoms with E-state index in [9.17, 15) is 4.79 Å². The lowest BCUT2D eigenvalue weighted by Crippen LogP contribution is -2.32. The molecule has 0 amide bonds. The molecule has 0 unspecified atom stereocenters. The van der Waals surface area contributed by atoms with Gasteiger partial charge in [0.25, 0.3) is 0 Å². The number of carbonyl (C=O) groups excluding carboxylic acids is 1. The van der Waals surface area contributed by atoms with Crippen molar-refractivity contribution in [2.24, 2.45) is 0 Å². The van der Waals surface area contributed by atoms with Gasteiger partial charge < -0.3 is 4.90 Å². The van der Waals surface area contributed by atoms with Gasteiger partial charge in [-0.05, 0) is 51.0 Å². The number of hydrogen-bond acceptors (Lipinski definition) is 2. The highest BCUT2D eigenvalue weighted by Gasteiger charge is 2.26. The largest absolute Gasteiger partial charge is 0.366 e. The van der Waals surface area contributed by atoms with Crippen LogP contribution >= 0.6 is 0 Å². The molecule has 1 fully saturated rings. The van der Waals surface area contributed by atoms with E-state index in [-0.39, 0.29) is 0 Å². The molecule has 1 saturated heterocycles. The van der Waals surface area contributed by atoms with Crippen LogP contribution in [-0.2, 0) is 0 Å². The second kappa shape index (κ2) is 4.05. The van der Waals surface area contributed by atoms with E-state index in [1.165, 1.54) is 18.5 Å². The molecule has 0 radical (unpaired) electrons. The summed E-state index contributed by atoms with van der Waals surface area (Å²) in [6, 6.07) is 9.09. The molecule has 2 rings (SSSR count). The Bertz CT molecular complexity index is 334. The highest BCUT2D eigenvalue weighted by molar-refractivity contribution is 5.75. The van der Waals surface area contributed by atoms with E-state index in [4.69, 9.17) is 0 Å². The maximum absolute atomic E-state index is 10.6. The first kappa shape index (κ1) is 10.2. The number of rotatable bonds is 2. The monoisotopic (exact) mass is 203 g/mol. The van der Waals surface area contributed by atoms with E-state index < -0.39 is 0 Å². The van der Waals surface area contributed by atoms with E-state index in [1.54, 1.807) is 0 Å². The van der Waals surface area contributed by atoms with E-state index >= 15 is 0 Å². The highest BCUT2D eigenvalue weighted by Crippen LogP contribution is 2.29. The summed E-state index contributed by atoms with van der Waals surface area (Å²) in [7, 11) is 0. The smallest absolute Gasteiger partial charge is 0.150 e. The molecule has 80 valence electrons. The van der Waals surface area contributed by atoms with Gasteiger partial charge in [0.05, 0.1) is 0 Å². The topological polar surface area (TPSA) is 20.3 Å². The Kier molecular flexibility index (Phi) is 2.76. The molecule has 1 aliphatic heterocycles. The molecule has 15 heavy (non-hydrogen) atoms. The van der Waals surface area contributed by atoms with E-state index in [0.717, 1.165) is 11.8 Å². The Morgan fingerprint density at radius 2 is 1.67 bits per heavy atom. The van der Waals surface area contributed by atoms with E-state index in [2.05, 4.69) is 18.7 Å². The van der Waals surface area contributed by atoms with Crippen LogP contribution in [0.1, 0.15) is 37.0 Å². The van der Waals surface area contributed by atoms with Crippen LogP contribution < -0.4 is 4.90 Å². The van der Waals surface area contributed by atoms with Crippen molar-refractivity contribution in [1.82, 2.24) is 0 Å². The molecule has 1 aromatic rings. The first-order valence-corrected chi connectivity index (χ1v) is 5.56. The zero-order valence-electron chi connectivity index (χ0n) is 9.31. The van der Waals surface area contributed by atoms with Gasteiger partial charge in [0.1, 0.15) is 6.29 Å². The van der Waals surface area contributed by atoms with Crippen molar-refractivity contribution in [2.45, 2.75) is 38.8 Å². The number of aldehydes is 1. The second-order valence-electron chi connectivity index (χ2n) is 4.39. The molecule has 1 aromatic carbocycles. The fraction of sp³-hybridized carbons (Fsp3) is 0.462. The van der Waals surface area contributed by atoms with Crippen LogP contribution in [0.4, 0.5) is 5.69 Å². The first-order valence-electron chi connectivity index (χ1n) is 5.56. The predicted molar refractivity (Wildman–Crippen MR) is 62.5 cm³/mol. The molecule has 0 bridgehead atoms. The minimum atomic E-state index is 0.613. The summed E-state index contributed by atoms with van der Waals surface area (Å²) in [5.41, 5.74) is 1.98. The zero-order valence-corrected chi connectivity index (χ0v) is 9.31. The Morgan fingerprint density at radius 1 is 1.13 bits per heavy atom. The Balaban J connectivity index is 2.24. The van der Waals surface area contributed by atoms with Crippen molar-refractivity contribution in [3.63, 3.8) is 0 Å². The highest BCUT2D eigenvalue weighted by atomic mass is 16.1. The minimum absolute atomic E-state index is 0.613. The number of nitrogens with zero attached hydrogens (tertiary/aromatic N) is 1. The standard InChI is InChI=1S/C13H17NO/c1-10-3-4-11(2)14(10)13-7-5-12(9-15)6-8-13/h5-11H,3-4H2,1-2H3/t10-,11-/m0/s1. The second-order valence-corrected chi connectivity index (χ2v) is 4.39. The average molecular weight is 203 g/mol. The minimum Gasteiger partial charge on any atom is -0.366 e. The van der Waals surface area contributed by atoms with Crippen LogP contribution in [0.2, 0.25) is 0 Å². The molecular weight excluding hydrogens is 186 g/mol. The van der Waals surface area contributed by atoms with Crippen molar-refractivity contribution in [1.29, 1.82) is 0 Å². The Labute approximate surface area is 90.9 Å². The molecule has 1 heterocycles. The SMILES string of the molecule is C[C@H]1CC[C@H](C)N1c1ccc(C=O)cc1. The number of carbonyl (C=O) groups is 1. The van der Waals surface area contributed by atoms with Gasteiger partial charge in [0.2, 0.25) is 0 Å². The maximum atomic E-state index is 10.6. The van der Waals surface area contributed by atoms with Crippen molar-refractivity contribution in [2.75, 3.05) is 4.90 Å². The van der Waals surface area contributed by atoms with Gasteiger partial charge in [-0.1, -0.05) is 0 Å². The van der Waals surface area contributed by atoms with Gasteiger partial charge in [-0.15, -0.1) is 0 Å². The molecule has 2 nitrogen and oxygen atoms in total. The lowest BCUT2D eigenvalue weighted by Gasteiger charge is -2.28. The lowest BCUT2D eigenvalue weighted by atomic mass is 10.2. The normalized spacial score (nSPS) is 25.6. The number of hydrogen-bond donors (Lipinski definition) is 0. The summed E-state index contributed by atoms with van der Waals surface area (Å²) in [6.45, 7) is 4.52. The fourth-order valence-corrected chi connectivity index (χ4v) is 2.43. The molecule has 1 aliphatic rings. The maximum Gasteiger partial charge on any atom is 0.150 e. The zero-order chi connectivity index (χ0) is 10.8. The van der Waals surface area contributed by atoms with Crippen LogP contribution in [-0.4, -0.2) is 18.4 Å². The van der Waals surface area contributed by atoms with Crippen molar-refractivity contribution in [3.8, 4) is 0 Å². The van der Waals surface area contributed by atoms with Crippen LogP contribution in [0.5, 0.6) is 0 Å². The third kappa shape index (κ3) is 1.89. The van der Waals surface area contributed by atoms with E-state index in [0.29, 0.717) is 12.1 Å². The van der Waals surface area contributed by atoms with Gasteiger partial charge in [0, 0.05) is 23.3 Å². The van der Waals surface area contributed by atoms with Crippen LogP contribution in [0.15, 0.2) is 24.3 Å². The Morgan fingerprint density at radius 3 is 2.13 bits per heavy atom. The third-order valence-corrected chi connectivity index (χ3v) is 3.28. The van der Waals surface area contributed by atoms with Crippen molar-refractivity contribution < 1.29 is 4.79 Å². The quantitative estimate of drug-likeness (QED) is 0.689. The number of benzene rings is 1. The summed E-state index contributed by atoms with van der Waals surface area (Å²) < 4.78 is 0. The summed E-state index contributed by atoms with van der Waals surface area (Å²) >= 11 is 0. The van der Waals surface area contributed by atoms with Crippen LogP contribution in [0.25, 0.3) is 0 Å². The molecular formula is C13H17NO. The van der Waals surface area contributed by atoms with Gasteiger partial charge in [-0.2, -0.15) is 0 Å². The molecule has 0 aliphatic carbocycles. The summed E-state index contributed by atoms with van der Waals surface area (Å²) in [6.07, 6.45) is 3.41. The first-order chi connectivity index (χ1) is 7.22. The molecule has 0 spiro atoms. The molecule has 2 heteroatoms.